The molecular weight excluding hydrogens is 112 g/mol. The maximum atomic E-state index is 8.36. The Morgan fingerprint density at radius 1 is 1.67 bits per heavy atom. The predicted molar refractivity (Wildman–Crippen MR) is 25.9 cm³/mol. The van der Waals surface area contributed by atoms with Crippen molar-refractivity contribution in [1.29, 1.82) is 0 Å². The molecule has 0 saturated heterocycles. The molecule has 0 aromatic heterocycles. The van der Waals surface area contributed by atoms with E-state index in [1.807, 2.05) is 0 Å². The molecule has 0 fully saturated rings. The third kappa shape index (κ3) is 91.8. The van der Waals surface area contributed by atoms with Crippen molar-refractivity contribution < 1.29 is 10.3 Å². The standard InChI is InChI=1S/BH3.K.HNO3.H/c;;2-1(3)4;/h1H3;;(H,2,3,4);. The fourth-order valence-electron chi connectivity index (χ4n) is 0. The first-order valence-corrected chi connectivity index (χ1v) is 0.565. The van der Waals surface area contributed by atoms with Crippen LogP contribution in [0.1, 0.15) is 0 Å². The molecule has 0 spiro atoms. The van der Waals surface area contributed by atoms with E-state index in [1.54, 1.807) is 0 Å². The Labute approximate surface area is 79.0 Å². The van der Waals surface area contributed by atoms with E-state index in [4.69, 9.17) is 15.3 Å². The minimum absolute atomic E-state index is 0. The van der Waals surface area contributed by atoms with E-state index < -0.39 is 5.09 Å². The van der Waals surface area contributed by atoms with Crippen molar-refractivity contribution >= 4 is 59.8 Å². The number of rotatable bonds is 0. The number of hydrogen-bond donors (Lipinski definition) is 1. The third-order valence-electron chi connectivity index (χ3n) is 0. The number of hydrogen-bond acceptors (Lipinski definition) is 2. The Morgan fingerprint density at radius 2 is 1.67 bits per heavy atom. The van der Waals surface area contributed by atoms with Crippen LogP contribution in [0.2, 0.25) is 0 Å². The van der Waals surface area contributed by atoms with Gasteiger partial charge >= 0.3 is 51.4 Å². The molecule has 0 aliphatic rings. The van der Waals surface area contributed by atoms with Gasteiger partial charge in [0.05, 0.1) is 8.41 Å². The molecule has 6 heavy (non-hydrogen) atoms. The van der Waals surface area contributed by atoms with Gasteiger partial charge in [-0.25, -0.2) is 0 Å². The molecule has 0 aliphatic carbocycles. The van der Waals surface area contributed by atoms with Gasteiger partial charge in [0.15, 0.2) is 0 Å². The van der Waals surface area contributed by atoms with E-state index >= 15 is 0 Å². The summed E-state index contributed by atoms with van der Waals surface area (Å²) < 4.78 is 0. The van der Waals surface area contributed by atoms with Crippen LogP contribution in [0, 0.1) is 10.1 Å². The first kappa shape index (κ1) is 15.8. The minimum atomic E-state index is -1.50. The Kier molecular flexibility index (Phi) is 24.5. The van der Waals surface area contributed by atoms with Gasteiger partial charge in [0.25, 0.3) is 5.09 Å². The fourth-order valence-corrected chi connectivity index (χ4v) is 0. The summed E-state index contributed by atoms with van der Waals surface area (Å²) in [7, 11) is 0. The van der Waals surface area contributed by atoms with Gasteiger partial charge in [0, 0.05) is 0 Å². The van der Waals surface area contributed by atoms with Gasteiger partial charge in [-0.05, 0) is 0 Å². The molecule has 0 rings (SSSR count). The van der Waals surface area contributed by atoms with E-state index in [2.05, 4.69) is 0 Å². The summed E-state index contributed by atoms with van der Waals surface area (Å²) in [6.45, 7) is 0. The molecule has 0 saturated carbocycles. The molecule has 0 atom stereocenters. The van der Waals surface area contributed by atoms with E-state index in [0.717, 1.165) is 0 Å². The Balaban J connectivity index is -0.0000000450. The van der Waals surface area contributed by atoms with Crippen molar-refractivity contribution in [1.82, 2.24) is 0 Å². The van der Waals surface area contributed by atoms with Crippen LogP contribution in [0.25, 0.3) is 0 Å². The zero-order valence-corrected chi connectivity index (χ0v) is 1.71. The summed E-state index contributed by atoms with van der Waals surface area (Å²) in [4.78, 5) is 8.36. The van der Waals surface area contributed by atoms with Crippen LogP contribution < -0.4 is 0 Å². The van der Waals surface area contributed by atoms with Gasteiger partial charge in [-0.15, -0.1) is 10.1 Å². The van der Waals surface area contributed by atoms with Crippen LogP contribution >= 0.6 is 0 Å². The monoisotopic (exact) mass is 117 g/mol. The second kappa shape index (κ2) is 9.31. The molecular formula is H5BKNO3. The Hall–Kier alpha value is 0.901. The molecule has 0 amide bonds. The summed E-state index contributed by atoms with van der Waals surface area (Å²) in [6.07, 6.45) is 0. The summed E-state index contributed by atoms with van der Waals surface area (Å²) in [5, 5.41) is 13.6. The van der Waals surface area contributed by atoms with Crippen molar-refractivity contribution in [2.45, 2.75) is 0 Å². The molecule has 6 heteroatoms. The van der Waals surface area contributed by atoms with E-state index in [9.17, 15) is 0 Å². The fraction of sp³-hybridized carbons (Fsp3) is 0. The van der Waals surface area contributed by atoms with Gasteiger partial charge in [0.2, 0.25) is 0 Å². The summed E-state index contributed by atoms with van der Waals surface area (Å²) in [5.74, 6) is 0. The average molecular weight is 117 g/mol. The molecule has 0 heterocycles. The Bertz CT molecular complexity index is 33.8. The van der Waals surface area contributed by atoms with Crippen LogP contribution in [0.4, 0.5) is 0 Å². The van der Waals surface area contributed by atoms with Crippen LogP contribution in [0.3, 0.4) is 0 Å². The average Bonchev–Trinajstić information content (AvgIpc) is 0.811. The SMILES string of the molecule is B.O=[N+]([O-])O.[KH]. The Morgan fingerprint density at radius 3 is 1.67 bits per heavy atom. The molecule has 1 N–H and O–H groups in total. The molecule has 0 unspecified atom stereocenters. The second-order valence-corrected chi connectivity index (χ2v) is 0.238. The normalized spacial score (nSPS) is 4.00. The van der Waals surface area contributed by atoms with Gasteiger partial charge in [-0.1, -0.05) is 0 Å². The van der Waals surface area contributed by atoms with Crippen LogP contribution in [0.15, 0.2) is 0 Å². The quantitative estimate of drug-likeness (QED) is 0.223. The topological polar surface area (TPSA) is 63.4 Å². The molecule has 0 aromatic rings. The molecule has 32 valence electrons. The first-order chi connectivity index (χ1) is 1.73. The molecule has 4 nitrogen and oxygen atoms in total. The summed E-state index contributed by atoms with van der Waals surface area (Å²) in [6, 6.07) is 0. The molecule has 0 aliphatic heterocycles. The molecule has 0 radical (unpaired) electrons. The third-order valence-corrected chi connectivity index (χ3v) is 0. The van der Waals surface area contributed by atoms with Crippen LogP contribution in [0.5, 0.6) is 0 Å². The van der Waals surface area contributed by atoms with E-state index in [-0.39, 0.29) is 59.8 Å². The van der Waals surface area contributed by atoms with Crippen LogP contribution in [-0.2, 0) is 0 Å². The first-order valence-electron chi connectivity index (χ1n) is 0.565. The summed E-state index contributed by atoms with van der Waals surface area (Å²) in [5.41, 5.74) is 0. The molecule has 0 bridgehead atoms. The maximum absolute atomic E-state index is 8.36. The zero-order valence-electron chi connectivity index (χ0n) is 1.71. The van der Waals surface area contributed by atoms with Crippen LogP contribution in [-0.4, -0.2) is 70.1 Å². The zero-order chi connectivity index (χ0) is 3.58. The summed E-state index contributed by atoms with van der Waals surface area (Å²) >= 11 is 0. The van der Waals surface area contributed by atoms with Crippen molar-refractivity contribution in [3.05, 3.63) is 10.1 Å². The van der Waals surface area contributed by atoms with Crippen molar-refractivity contribution in [2.75, 3.05) is 0 Å². The molecule has 0 aromatic carbocycles. The van der Waals surface area contributed by atoms with Crippen molar-refractivity contribution in [3.63, 3.8) is 0 Å². The van der Waals surface area contributed by atoms with Gasteiger partial charge in [-0.3, -0.25) is 0 Å². The second-order valence-electron chi connectivity index (χ2n) is 0.238. The van der Waals surface area contributed by atoms with E-state index in [1.165, 1.54) is 0 Å². The predicted octanol–water partition coefficient (Wildman–Crippen LogP) is -2.18. The van der Waals surface area contributed by atoms with Gasteiger partial charge < -0.3 is 5.21 Å². The van der Waals surface area contributed by atoms with Crippen molar-refractivity contribution in [3.8, 4) is 0 Å². The van der Waals surface area contributed by atoms with Crippen molar-refractivity contribution in [2.24, 2.45) is 0 Å². The van der Waals surface area contributed by atoms with E-state index in [0.29, 0.717) is 0 Å². The van der Waals surface area contributed by atoms with Gasteiger partial charge in [0.1, 0.15) is 0 Å². The van der Waals surface area contributed by atoms with Gasteiger partial charge in [-0.2, -0.15) is 0 Å². The number of nitrogens with zero attached hydrogens (tertiary/aromatic N) is 1.